The van der Waals surface area contributed by atoms with Gasteiger partial charge in [-0.15, -0.1) is 0 Å². The molecule has 1 aromatic rings. The lowest BCUT2D eigenvalue weighted by Crippen LogP contribution is -2.02. The molecule has 1 unspecified atom stereocenters. The minimum atomic E-state index is 0.223. The summed E-state index contributed by atoms with van der Waals surface area (Å²) in [5.41, 5.74) is 1.03. The van der Waals surface area contributed by atoms with E-state index in [1.54, 1.807) is 13.2 Å². The zero-order valence-corrected chi connectivity index (χ0v) is 13.6. The number of methoxy groups -OCH3 is 1. The van der Waals surface area contributed by atoms with Crippen molar-refractivity contribution >= 4 is 11.9 Å². The van der Waals surface area contributed by atoms with Crippen LogP contribution in [0.25, 0.3) is 6.08 Å². The van der Waals surface area contributed by atoms with Gasteiger partial charge in [0.05, 0.1) is 7.11 Å². The first-order valence-electron chi connectivity index (χ1n) is 8.04. The zero-order chi connectivity index (χ0) is 15.5. The van der Waals surface area contributed by atoms with Gasteiger partial charge in [-0.2, -0.15) is 0 Å². The Bertz CT molecular complexity index is 431. The highest BCUT2D eigenvalue weighted by Gasteiger charge is 2.07. The van der Waals surface area contributed by atoms with E-state index < -0.39 is 0 Å². The van der Waals surface area contributed by atoms with Crippen LogP contribution in [-0.2, 0) is 4.79 Å². The van der Waals surface area contributed by atoms with Gasteiger partial charge in [-0.1, -0.05) is 57.7 Å². The molecule has 0 amide bonds. The molecule has 0 heterocycles. The average molecular weight is 288 g/mol. The summed E-state index contributed by atoms with van der Waals surface area (Å²) in [6.45, 7) is 4.44. The number of hydrogen-bond donors (Lipinski definition) is 0. The molecule has 0 saturated heterocycles. The van der Waals surface area contributed by atoms with Gasteiger partial charge >= 0.3 is 0 Å². The van der Waals surface area contributed by atoms with Gasteiger partial charge in [-0.3, -0.25) is 4.79 Å². The molecule has 0 saturated carbocycles. The Balaban J connectivity index is 2.39. The first kappa shape index (κ1) is 17.5. The van der Waals surface area contributed by atoms with Crippen LogP contribution in [0.15, 0.2) is 30.3 Å². The number of ketones is 1. The van der Waals surface area contributed by atoms with Gasteiger partial charge in [-0.25, -0.2) is 0 Å². The third-order valence-corrected chi connectivity index (χ3v) is 3.92. The van der Waals surface area contributed by atoms with Crippen LogP contribution >= 0.6 is 0 Å². The van der Waals surface area contributed by atoms with Crippen molar-refractivity contribution in [1.82, 2.24) is 0 Å². The first-order chi connectivity index (χ1) is 10.2. The fraction of sp³-hybridized carbons (Fsp3) is 0.526. The molecule has 0 spiro atoms. The second-order valence-electron chi connectivity index (χ2n) is 5.53. The highest BCUT2D eigenvalue weighted by atomic mass is 16.5. The lowest BCUT2D eigenvalue weighted by Gasteiger charge is -2.12. The van der Waals surface area contributed by atoms with Crippen molar-refractivity contribution < 1.29 is 9.53 Å². The molecule has 116 valence electrons. The predicted octanol–water partition coefficient (Wildman–Crippen LogP) is 5.27. The fourth-order valence-corrected chi connectivity index (χ4v) is 2.38. The largest absolute Gasteiger partial charge is 0.497 e. The third kappa shape index (κ3) is 7.12. The quantitative estimate of drug-likeness (QED) is 0.548. The Morgan fingerprint density at radius 3 is 2.48 bits per heavy atom. The van der Waals surface area contributed by atoms with E-state index in [-0.39, 0.29) is 5.78 Å². The van der Waals surface area contributed by atoms with Gasteiger partial charge in [0.25, 0.3) is 0 Å². The SMILES string of the molecule is CCCCC(CC)CCC(=O)/C=C/c1ccc(OC)cc1. The monoisotopic (exact) mass is 288 g/mol. The van der Waals surface area contributed by atoms with Crippen LogP contribution in [0.4, 0.5) is 0 Å². The van der Waals surface area contributed by atoms with Crippen LogP contribution in [0.5, 0.6) is 5.75 Å². The lowest BCUT2D eigenvalue weighted by molar-refractivity contribution is -0.114. The summed E-state index contributed by atoms with van der Waals surface area (Å²) in [7, 11) is 1.65. The summed E-state index contributed by atoms with van der Waals surface area (Å²) in [5, 5.41) is 0. The maximum Gasteiger partial charge on any atom is 0.155 e. The fourth-order valence-electron chi connectivity index (χ4n) is 2.38. The van der Waals surface area contributed by atoms with Gasteiger partial charge in [0, 0.05) is 6.42 Å². The molecule has 1 rings (SSSR count). The molecule has 2 heteroatoms. The summed E-state index contributed by atoms with van der Waals surface area (Å²) < 4.78 is 5.11. The normalized spacial score (nSPS) is 12.5. The molecule has 0 N–H and O–H groups in total. The Morgan fingerprint density at radius 2 is 1.90 bits per heavy atom. The number of allylic oxidation sites excluding steroid dienone is 1. The maximum atomic E-state index is 11.9. The van der Waals surface area contributed by atoms with Crippen molar-refractivity contribution in [2.75, 3.05) is 7.11 Å². The van der Waals surface area contributed by atoms with E-state index in [1.165, 1.54) is 25.7 Å². The molecule has 0 bridgehead atoms. The maximum absolute atomic E-state index is 11.9. The molecular formula is C19H28O2. The van der Waals surface area contributed by atoms with Crippen molar-refractivity contribution in [3.05, 3.63) is 35.9 Å². The van der Waals surface area contributed by atoms with E-state index >= 15 is 0 Å². The standard InChI is InChI=1S/C19H28O2/c1-4-6-7-16(5-2)8-12-18(20)13-9-17-10-14-19(21-3)15-11-17/h9-11,13-16H,4-8,12H2,1-3H3/b13-9+. The molecule has 21 heavy (non-hydrogen) atoms. The molecule has 1 aromatic carbocycles. The predicted molar refractivity (Wildman–Crippen MR) is 89.6 cm³/mol. The number of benzene rings is 1. The first-order valence-corrected chi connectivity index (χ1v) is 8.04. The minimum absolute atomic E-state index is 0.223. The number of ether oxygens (including phenoxy) is 1. The zero-order valence-electron chi connectivity index (χ0n) is 13.6. The second kappa shape index (κ2) is 10.2. The molecule has 2 nitrogen and oxygen atoms in total. The molecule has 0 fully saturated rings. The van der Waals surface area contributed by atoms with Gasteiger partial charge in [0.1, 0.15) is 5.75 Å². The van der Waals surface area contributed by atoms with E-state index in [4.69, 9.17) is 4.74 Å². The van der Waals surface area contributed by atoms with E-state index in [0.29, 0.717) is 12.3 Å². The topological polar surface area (TPSA) is 26.3 Å². The number of rotatable bonds is 10. The summed E-state index contributed by atoms with van der Waals surface area (Å²) in [5.74, 6) is 1.75. The Hall–Kier alpha value is -1.57. The molecule has 0 radical (unpaired) electrons. The Labute approximate surface area is 129 Å². The number of hydrogen-bond acceptors (Lipinski definition) is 2. The highest BCUT2D eigenvalue weighted by molar-refractivity contribution is 5.93. The van der Waals surface area contributed by atoms with E-state index in [9.17, 15) is 4.79 Å². The van der Waals surface area contributed by atoms with Crippen LogP contribution in [0.1, 0.15) is 57.9 Å². The Kier molecular flexibility index (Phi) is 8.49. The number of carbonyl (C=O) groups is 1. The van der Waals surface area contributed by atoms with Gasteiger partial charge < -0.3 is 4.74 Å². The van der Waals surface area contributed by atoms with Crippen LogP contribution in [0.2, 0.25) is 0 Å². The molecule has 0 aliphatic rings. The smallest absolute Gasteiger partial charge is 0.155 e. The second-order valence-corrected chi connectivity index (χ2v) is 5.53. The average Bonchev–Trinajstić information content (AvgIpc) is 2.53. The van der Waals surface area contributed by atoms with Gasteiger partial charge in [0.2, 0.25) is 0 Å². The molecule has 0 aliphatic carbocycles. The lowest BCUT2D eigenvalue weighted by atomic mass is 9.93. The number of unbranched alkanes of at least 4 members (excludes halogenated alkanes) is 1. The van der Waals surface area contributed by atoms with Crippen LogP contribution in [0.3, 0.4) is 0 Å². The summed E-state index contributed by atoms with van der Waals surface area (Å²) in [6.07, 6.45) is 10.2. The van der Waals surface area contributed by atoms with E-state index in [0.717, 1.165) is 17.7 Å². The summed E-state index contributed by atoms with van der Waals surface area (Å²) >= 11 is 0. The molecule has 0 aliphatic heterocycles. The Morgan fingerprint density at radius 1 is 1.19 bits per heavy atom. The van der Waals surface area contributed by atoms with Crippen LogP contribution in [0, 0.1) is 5.92 Å². The van der Waals surface area contributed by atoms with Crippen molar-refractivity contribution in [2.45, 2.75) is 52.4 Å². The van der Waals surface area contributed by atoms with E-state index in [1.807, 2.05) is 30.3 Å². The van der Waals surface area contributed by atoms with Crippen molar-refractivity contribution in [2.24, 2.45) is 5.92 Å². The van der Waals surface area contributed by atoms with Gasteiger partial charge in [-0.05, 0) is 36.1 Å². The van der Waals surface area contributed by atoms with Crippen LogP contribution < -0.4 is 4.74 Å². The van der Waals surface area contributed by atoms with Crippen LogP contribution in [-0.4, -0.2) is 12.9 Å². The van der Waals surface area contributed by atoms with Crippen molar-refractivity contribution in [1.29, 1.82) is 0 Å². The summed E-state index contributed by atoms with van der Waals surface area (Å²) in [6, 6.07) is 7.72. The van der Waals surface area contributed by atoms with Gasteiger partial charge in [0.15, 0.2) is 5.78 Å². The minimum Gasteiger partial charge on any atom is -0.497 e. The van der Waals surface area contributed by atoms with Crippen molar-refractivity contribution in [3.8, 4) is 5.75 Å². The molecule has 0 aromatic heterocycles. The summed E-state index contributed by atoms with van der Waals surface area (Å²) in [4.78, 5) is 11.9. The highest BCUT2D eigenvalue weighted by Crippen LogP contribution is 2.19. The number of carbonyl (C=O) groups excluding carboxylic acids is 1. The van der Waals surface area contributed by atoms with Crippen molar-refractivity contribution in [3.63, 3.8) is 0 Å². The molecular weight excluding hydrogens is 260 g/mol. The van der Waals surface area contributed by atoms with E-state index in [2.05, 4.69) is 13.8 Å². The molecule has 1 atom stereocenters. The third-order valence-electron chi connectivity index (χ3n) is 3.92.